The fraction of sp³-hybridized carbons (Fsp3) is 0.158. The fourth-order valence-corrected chi connectivity index (χ4v) is 2.51. The second-order valence-corrected chi connectivity index (χ2v) is 5.90. The minimum absolute atomic E-state index is 0.0673. The van der Waals surface area contributed by atoms with Crippen molar-refractivity contribution >= 4 is 29.3 Å². The van der Waals surface area contributed by atoms with Gasteiger partial charge in [-0.15, -0.1) is 0 Å². The standard InChI is InChI=1S/C19H17ClN2O3/c1-11-4-5-16(12(2)6-11)22-19(24)14(10-21)7-13-8-15(20)18(23)17(9-13)25-3/h4-9,23H,1-3H3,(H,22,24)/b14-7+. The van der Waals surface area contributed by atoms with Gasteiger partial charge in [-0.2, -0.15) is 5.26 Å². The lowest BCUT2D eigenvalue weighted by Gasteiger charge is -2.09. The van der Waals surface area contributed by atoms with E-state index in [4.69, 9.17) is 16.3 Å². The molecule has 0 bridgehead atoms. The Kier molecular flexibility index (Phi) is 5.68. The SMILES string of the molecule is COc1cc(/C=C(\C#N)C(=O)Nc2ccc(C)cc2C)cc(Cl)c1O. The van der Waals surface area contributed by atoms with Crippen molar-refractivity contribution < 1.29 is 14.6 Å². The predicted octanol–water partition coefficient (Wildman–Crippen LogP) is 4.22. The number of carbonyl (C=O) groups is 1. The third-order valence-corrected chi connectivity index (χ3v) is 3.86. The van der Waals surface area contributed by atoms with Crippen molar-refractivity contribution in [1.82, 2.24) is 0 Å². The molecule has 0 aliphatic rings. The summed E-state index contributed by atoms with van der Waals surface area (Å²) >= 11 is 5.93. The highest BCUT2D eigenvalue weighted by molar-refractivity contribution is 6.32. The van der Waals surface area contributed by atoms with Gasteiger partial charge in [-0.3, -0.25) is 4.79 Å². The molecule has 2 N–H and O–H groups in total. The lowest BCUT2D eigenvalue weighted by Crippen LogP contribution is -2.14. The number of aryl methyl sites for hydroxylation is 2. The number of carbonyl (C=O) groups excluding carboxylic acids is 1. The molecular formula is C19H17ClN2O3. The molecule has 1 amide bonds. The van der Waals surface area contributed by atoms with Gasteiger partial charge in [-0.05, 0) is 49.2 Å². The van der Waals surface area contributed by atoms with E-state index in [0.29, 0.717) is 11.3 Å². The van der Waals surface area contributed by atoms with E-state index in [-0.39, 0.29) is 22.1 Å². The molecule has 0 aromatic heterocycles. The molecule has 0 spiro atoms. The van der Waals surface area contributed by atoms with Crippen LogP contribution in [0.15, 0.2) is 35.9 Å². The molecule has 25 heavy (non-hydrogen) atoms. The lowest BCUT2D eigenvalue weighted by molar-refractivity contribution is -0.112. The number of aromatic hydroxyl groups is 1. The van der Waals surface area contributed by atoms with Crippen molar-refractivity contribution in [2.45, 2.75) is 13.8 Å². The van der Waals surface area contributed by atoms with Crippen molar-refractivity contribution in [3.05, 3.63) is 57.6 Å². The third kappa shape index (κ3) is 4.31. The van der Waals surface area contributed by atoms with Gasteiger partial charge in [0.05, 0.1) is 12.1 Å². The maximum atomic E-state index is 12.4. The van der Waals surface area contributed by atoms with E-state index >= 15 is 0 Å². The first-order valence-electron chi connectivity index (χ1n) is 7.42. The van der Waals surface area contributed by atoms with Crippen LogP contribution in [0.2, 0.25) is 5.02 Å². The van der Waals surface area contributed by atoms with Crippen molar-refractivity contribution in [2.75, 3.05) is 12.4 Å². The number of nitrogens with one attached hydrogen (secondary N) is 1. The Labute approximate surface area is 151 Å². The number of hydrogen-bond donors (Lipinski definition) is 2. The molecule has 0 radical (unpaired) electrons. The summed E-state index contributed by atoms with van der Waals surface area (Å²) in [5.74, 6) is -0.567. The smallest absolute Gasteiger partial charge is 0.266 e. The van der Waals surface area contributed by atoms with Gasteiger partial charge in [0.25, 0.3) is 5.91 Å². The maximum absolute atomic E-state index is 12.4. The summed E-state index contributed by atoms with van der Waals surface area (Å²) in [4.78, 5) is 12.4. The van der Waals surface area contributed by atoms with Crippen LogP contribution in [0, 0.1) is 25.2 Å². The van der Waals surface area contributed by atoms with Crippen LogP contribution in [0.3, 0.4) is 0 Å². The normalized spacial score (nSPS) is 10.9. The number of phenols is 1. The van der Waals surface area contributed by atoms with Gasteiger partial charge in [0.15, 0.2) is 11.5 Å². The number of amides is 1. The van der Waals surface area contributed by atoms with Crippen molar-refractivity contribution in [2.24, 2.45) is 0 Å². The van der Waals surface area contributed by atoms with Crippen LogP contribution in [-0.2, 0) is 4.79 Å². The molecule has 0 heterocycles. The van der Waals surface area contributed by atoms with Crippen LogP contribution < -0.4 is 10.1 Å². The highest BCUT2D eigenvalue weighted by atomic mass is 35.5. The van der Waals surface area contributed by atoms with E-state index in [1.807, 2.05) is 32.0 Å². The van der Waals surface area contributed by atoms with Crippen molar-refractivity contribution in [3.63, 3.8) is 0 Å². The zero-order valence-corrected chi connectivity index (χ0v) is 14.8. The summed E-state index contributed by atoms with van der Waals surface area (Å²) < 4.78 is 5.02. The Hall–Kier alpha value is -2.97. The van der Waals surface area contributed by atoms with Crippen LogP contribution in [0.25, 0.3) is 6.08 Å². The van der Waals surface area contributed by atoms with Crippen molar-refractivity contribution in [1.29, 1.82) is 5.26 Å². The number of anilines is 1. The molecule has 2 aromatic rings. The molecule has 2 rings (SSSR count). The minimum atomic E-state index is -0.530. The molecule has 0 atom stereocenters. The summed E-state index contributed by atoms with van der Waals surface area (Å²) in [5, 5.41) is 21.8. The second-order valence-electron chi connectivity index (χ2n) is 5.50. The van der Waals surface area contributed by atoms with Gasteiger partial charge in [-0.1, -0.05) is 29.3 Å². The number of methoxy groups -OCH3 is 1. The number of nitriles is 1. The Balaban J connectivity index is 2.32. The number of nitrogens with zero attached hydrogens (tertiary/aromatic N) is 1. The number of hydrogen-bond acceptors (Lipinski definition) is 4. The van der Waals surface area contributed by atoms with Gasteiger partial charge in [-0.25, -0.2) is 0 Å². The summed E-state index contributed by atoms with van der Waals surface area (Å²) in [6, 6.07) is 10.4. The van der Waals surface area contributed by atoms with E-state index in [1.54, 1.807) is 6.07 Å². The highest BCUT2D eigenvalue weighted by Gasteiger charge is 2.13. The largest absolute Gasteiger partial charge is 0.503 e. The second kappa shape index (κ2) is 7.73. The zero-order chi connectivity index (χ0) is 18.6. The van der Waals surface area contributed by atoms with Crippen LogP contribution in [0.4, 0.5) is 5.69 Å². The quantitative estimate of drug-likeness (QED) is 0.634. The predicted molar refractivity (Wildman–Crippen MR) is 97.8 cm³/mol. The first-order chi connectivity index (χ1) is 11.8. The van der Waals surface area contributed by atoms with Gasteiger partial charge in [0, 0.05) is 5.69 Å². The molecule has 2 aromatic carbocycles. The average molecular weight is 357 g/mol. The average Bonchev–Trinajstić information content (AvgIpc) is 2.57. The molecule has 6 heteroatoms. The number of halogens is 1. The van der Waals surface area contributed by atoms with Crippen LogP contribution in [0.5, 0.6) is 11.5 Å². The van der Waals surface area contributed by atoms with Gasteiger partial charge >= 0.3 is 0 Å². The molecule has 0 saturated carbocycles. The Morgan fingerprint density at radius 3 is 2.64 bits per heavy atom. The fourth-order valence-electron chi connectivity index (χ4n) is 2.29. The van der Waals surface area contributed by atoms with Crippen LogP contribution in [-0.4, -0.2) is 18.1 Å². The Morgan fingerprint density at radius 2 is 2.04 bits per heavy atom. The first kappa shape index (κ1) is 18.4. The van der Waals surface area contributed by atoms with E-state index in [2.05, 4.69) is 5.32 Å². The summed E-state index contributed by atoms with van der Waals surface area (Å²) in [6.07, 6.45) is 1.38. The first-order valence-corrected chi connectivity index (χ1v) is 7.80. The molecule has 0 unspecified atom stereocenters. The lowest BCUT2D eigenvalue weighted by atomic mass is 10.1. The monoisotopic (exact) mass is 356 g/mol. The molecular weight excluding hydrogens is 340 g/mol. The molecule has 128 valence electrons. The van der Waals surface area contributed by atoms with E-state index < -0.39 is 5.91 Å². The maximum Gasteiger partial charge on any atom is 0.266 e. The topological polar surface area (TPSA) is 82.3 Å². The van der Waals surface area contributed by atoms with Crippen LogP contribution >= 0.6 is 11.6 Å². The summed E-state index contributed by atoms with van der Waals surface area (Å²) in [6.45, 7) is 3.84. The number of ether oxygens (including phenoxy) is 1. The number of phenolic OH excluding ortho intramolecular Hbond substituents is 1. The summed E-state index contributed by atoms with van der Waals surface area (Å²) in [7, 11) is 1.39. The molecule has 0 aliphatic heterocycles. The minimum Gasteiger partial charge on any atom is -0.503 e. The van der Waals surface area contributed by atoms with E-state index in [9.17, 15) is 15.2 Å². The third-order valence-electron chi connectivity index (χ3n) is 3.58. The molecule has 0 fully saturated rings. The Bertz CT molecular complexity index is 898. The van der Waals surface area contributed by atoms with Gasteiger partial charge < -0.3 is 15.2 Å². The molecule has 0 aliphatic carbocycles. The van der Waals surface area contributed by atoms with E-state index in [0.717, 1.165) is 11.1 Å². The van der Waals surface area contributed by atoms with Gasteiger partial charge in [0.2, 0.25) is 0 Å². The highest BCUT2D eigenvalue weighted by Crippen LogP contribution is 2.35. The number of rotatable bonds is 4. The molecule has 5 nitrogen and oxygen atoms in total. The summed E-state index contributed by atoms with van der Waals surface area (Å²) in [5.41, 5.74) is 2.99. The Morgan fingerprint density at radius 1 is 1.32 bits per heavy atom. The van der Waals surface area contributed by atoms with Crippen LogP contribution in [0.1, 0.15) is 16.7 Å². The van der Waals surface area contributed by atoms with E-state index in [1.165, 1.54) is 25.3 Å². The number of benzene rings is 2. The van der Waals surface area contributed by atoms with Crippen molar-refractivity contribution in [3.8, 4) is 17.6 Å². The van der Waals surface area contributed by atoms with Gasteiger partial charge in [0.1, 0.15) is 11.6 Å². The molecule has 0 saturated heterocycles. The zero-order valence-electron chi connectivity index (χ0n) is 14.1.